The first-order chi connectivity index (χ1) is 11.7. The van der Waals surface area contributed by atoms with E-state index < -0.39 is 12.8 Å². The number of alkyl halides is 1. The Balaban J connectivity index is 1.83. The van der Waals surface area contributed by atoms with Gasteiger partial charge in [0, 0.05) is 24.2 Å². The smallest absolute Gasteiger partial charge is 0.125 e. The largest absolute Gasteiger partial charge is 0.491 e. The molecule has 124 valence electrons. The van der Waals surface area contributed by atoms with E-state index in [2.05, 4.69) is 15.3 Å². The third-order valence-corrected chi connectivity index (χ3v) is 3.60. The Morgan fingerprint density at radius 1 is 1.21 bits per heavy atom. The average Bonchev–Trinajstić information content (AvgIpc) is 2.65. The van der Waals surface area contributed by atoms with Gasteiger partial charge in [-0.1, -0.05) is 6.07 Å². The van der Waals surface area contributed by atoms with E-state index in [1.807, 2.05) is 43.4 Å². The number of benzene rings is 1. The highest BCUT2D eigenvalue weighted by atomic mass is 18.2. The first kappa shape index (κ1) is 16.1. The Labute approximate surface area is 139 Å². The molecule has 6 heteroatoms. The maximum Gasteiger partial charge on any atom is 0.125 e. The lowest BCUT2D eigenvalue weighted by Gasteiger charge is -2.10. The second-order valence-electron chi connectivity index (χ2n) is 5.35. The van der Waals surface area contributed by atoms with Crippen LogP contribution in [0, 0.1) is 0 Å². The van der Waals surface area contributed by atoms with E-state index in [1.165, 1.54) is 0 Å². The summed E-state index contributed by atoms with van der Waals surface area (Å²) in [6, 6.07) is 13.1. The van der Waals surface area contributed by atoms with Gasteiger partial charge in [-0.25, -0.2) is 14.4 Å². The van der Waals surface area contributed by atoms with Crippen LogP contribution >= 0.6 is 0 Å². The van der Waals surface area contributed by atoms with Crippen molar-refractivity contribution in [3.63, 3.8) is 0 Å². The lowest BCUT2D eigenvalue weighted by molar-refractivity contribution is 0.0842. The van der Waals surface area contributed by atoms with Crippen molar-refractivity contribution in [2.24, 2.45) is 0 Å². The number of anilines is 1. The van der Waals surface area contributed by atoms with Crippen LogP contribution in [0.2, 0.25) is 0 Å². The zero-order valence-electron chi connectivity index (χ0n) is 13.2. The molecule has 3 aromatic rings. The molecule has 3 rings (SSSR count). The summed E-state index contributed by atoms with van der Waals surface area (Å²) in [5.74, 6) is 1.38. The zero-order valence-corrected chi connectivity index (χ0v) is 13.2. The van der Waals surface area contributed by atoms with Gasteiger partial charge in [-0.15, -0.1) is 0 Å². The maximum atomic E-state index is 12.2. The molecule has 0 unspecified atom stereocenters. The molecule has 1 atom stereocenters. The summed E-state index contributed by atoms with van der Waals surface area (Å²) in [4.78, 5) is 8.92. The standard InChI is InChI=1S/C18H18FN3O2/c1-20-18-7-3-13(10-21-18)17-5-2-12-8-15(4-6-16(12)22-17)24-11-14(23)9-19/h2-8,10,14,23H,9,11H2,1H3,(H,20,21)/t14-/m1/s1/i19-1. The molecule has 24 heavy (non-hydrogen) atoms. The molecule has 2 heterocycles. The van der Waals surface area contributed by atoms with Crippen molar-refractivity contribution < 1.29 is 14.2 Å². The fourth-order valence-corrected chi connectivity index (χ4v) is 2.28. The fourth-order valence-electron chi connectivity index (χ4n) is 2.28. The lowest BCUT2D eigenvalue weighted by atomic mass is 10.1. The first-order valence-electron chi connectivity index (χ1n) is 7.61. The Kier molecular flexibility index (Phi) is 4.86. The molecule has 2 aromatic heterocycles. The van der Waals surface area contributed by atoms with E-state index in [0.29, 0.717) is 5.75 Å². The molecule has 0 spiro atoms. The molecule has 0 radical (unpaired) electrons. The maximum absolute atomic E-state index is 12.2. The first-order valence-corrected chi connectivity index (χ1v) is 7.61. The third kappa shape index (κ3) is 3.60. The normalized spacial score (nSPS) is 12.1. The average molecular weight is 326 g/mol. The molecule has 2 N–H and O–H groups in total. The summed E-state index contributed by atoms with van der Waals surface area (Å²) in [7, 11) is 1.82. The second kappa shape index (κ2) is 7.23. The monoisotopic (exact) mass is 326 g/mol. The number of rotatable bonds is 6. The van der Waals surface area contributed by atoms with Gasteiger partial charge in [0.15, 0.2) is 0 Å². The number of hydrogen-bond acceptors (Lipinski definition) is 5. The van der Waals surface area contributed by atoms with Crippen molar-refractivity contribution in [2.45, 2.75) is 6.10 Å². The molecular formula is C18H18FN3O2. The van der Waals surface area contributed by atoms with Crippen molar-refractivity contribution in [1.29, 1.82) is 0 Å². The number of aliphatic hydroxyl groups excluding tert-OH is 1. The van der Waals surface area contributed by atoms with E-state index in [1.54, 1.807) is 12.3 Å². The van der Waals surface area contributed by atoms with Gasteiger partial charge in [-0.2, -0.15) is 0 Å². The number of ether oxygens (including phenoxy) is 1. The van der Waals surface area contributed by atoms with E-state index in [4.69, 9.17) is 4.74 Å². The van der Waals surface area contributed by atoms with Crippen molar-refractivity contribution in [2.75, 3.05) is 25.6 Å². The minimum absolute atomic E-state index is 0.0724. The Hall–Kier alpha value is -2.73. The summed E-state index contributed by atoms with van der Waals surface area (Å²) in [6.07, 6.45) is 0.671. The van der Waals surface area contributed by atoms with Gasteiger partial charge in [-0.3, -0.25) is 0 Å². The minimum Gasteiger partial charge on any atom is -0.491 e. The van der Waals surface area contributed by atoms with Crippen LogP contribution in [0.25, 0.3) is 22.2 Å². The lowest BCUT2D eigenvalue weighted by Crippen LogP contribution is -2.19. The predicted molar refractivity (Wildman–Crippen MR) is 92.0 cm³/mol. The number of aromatic nitrogens is 2. The Bertz CT molecular complexity index is 824. The Morgan fingerprint density at radius 2 is 2.08 bits per heavy atom. The zero-order chi connectivity index (χ0) is 16.9. The van der Waals surface area contributed by atoms with Crippen LogP contribution in [0.1, 0.15) is 0 Å². The van der Waals surface area contributed by atoms with Crippen molar-refractivity contribution >= 4 is 16.7 Å². The van der Waals surface area contributed by atoms with Gasteiger partial charge < -0.3 is 15.2 Å². The van der Waals surface area contributed by atoms with E-state index >= 15 is 0 Å². The van der Waals surface area contributed by atoms with Crippen molar-refractivity contribution in [3.05, 3.63) is 48.7 Å². The third-order valence-electron chi connectivity index (χ3n) is 3.60. The molecule has 5 nitrogen and oxygen atoms in total. The summed E-state index contributed by atoms with van der Waals surface area (Å²) in [5, 5.41) is 13.1. The molecule has 0 bridgehead atoms. The highest BCUT2D eigenvalue weighted by Crippen LogP contribution is 2.24. The molecule has 0 saturated heterocycles. The molecular weight excluding hydrogens is 308 g/mol. The molecule has 1 aromatic carbocycles. The molecule has 0 fully saturated rings. The van der Waals surface area contributed by atoms with Gasteiger partial charge in [0.1, 0.15) is 31.0 Å². The van der Waals surface area contributed by atoms with Crippen LogP contribution in [0.3, 0.4) is 0 Å². The number of nitrogens with one attached hydrogen (secondary N) is 1. The van der Waals surface area contributed by atoms with E-state index in [9.17, 15) is 9.50 Å². The van der Waals surface area contributed by atoms with Gasteiger partial charge in [0.25, 0.3) is 0 Å². The number of nitrogens with zero attached hydrogens (tertiary/aromatic N) is 2. The number of hydrogen-bond donors (Lipinski definition) is 2. The van der Waals surface area contributed by atoms with E-state index in [0.717, 1.165) is 28.0 Å². The summed E-state index contributed by atoms with van der Waals surface area (Å²) in [5.41, 5.74) is 2.59. The van der Waals surface area contributed by atoms with Crippen LogP contribution in [0.15, 0.2) is 48.7 Å². The van der Waals surface area contributed by atoms with Gasteiger partial charge in [0.2, 0.25) is 0 Å². The highest BCUT2D eigenvalue weighted by molar-refractivity contribution is 5.82. The number of pyridine rings is 2. The molecule has 0 saturated carbocycles. The quantitative estimate of drug-likeness (QED) is 0.729. The predicted octanol–water partition coefficient (Wildman–Crippen LogP) is 3.05. The summed E-state index contributed by atoms with van der Waals surface area (Å²) < 4.78 is 17.6. The molecule has 0 aliphatic carbocycles. The number of fused-ring (bicyclic) bond motifs is 1. The second-order valence-corrected chi connectivity index (χ2v) is 5.35. The molecule has 0 aliphatic heterocycles. The van der Waals surface area contributed by atoms with Crippen molar-refractivity contribution in [1.82, 2.24) is 9.97 Å². The number of halogens is 1. The SMILES string of the molecule is CNc1ccc(-c2ccc3cc(OC[C@H](O)C[18F])ccc3n2)cn1. The van der Waals surface area contributed by atoms with Gasteiger partial charge in [-0.05, 0) is 36.4 Å². The van der Waals surface area contributed by atoms with Gasteiger partial charge >= 0.3 is 0 Å². The van der Waals surface area contributed by atoms with E-state index in [-0.39, 0.29) is 6.61 Å². The fraction of sp³-hybridized carbons (Fsp3) is 0.222. The Morgan fingerprint density at radius 3 is 2.79 bits per heavy atom. The molecule has 0 amide bonds. The topological polar surface area (TPSA) is 67.3 Å². The van der Waals surface area contributed by atoms with Crippen LogP contribution in [-0.4, -0.2) is 41.5 Å². The van der Waals surface area contributed by atoms with Crippen LogP contribution < -0.4 is 10.1 Å². The minimum atomic E-state index is -1.10. The van der Waals surface area contributed by atoms with Crippen molar-refractivity contribution in [3.8, 4) is 17.0 Å². The summed E-state index contributed by atoms with van der Waals surface area (Å²) in [6.45, 7) is -0.893. The van der Waals surface area contributed by atoms with Gasteiger partial charge in [0.05, 0.1) is 11.2 Å². The highest BCUT2D eigenvalue weighted by Gasteiger charge is 2.06. The van der Waals surface area contributed by atoms with Crippen LogP contribution in [0.5, 0.6) is 5.75 Å². The summed E-state index contributed by atoms with van der Waals surface area (Å²) >= 11 is 0. The van der Waals surface area contributed by atoms with Crippen LogP contribution in [-0.2, 0) is 0 Å². The van der Waals surface area contributed by atoms with Crippen LogP contribution in [0.4, 0.5) is 10.2 Å². The number of aliphatic hydroxyl groups is 1. The molecule has 0 aliphatic rings.